The Labute approximate surface area is 365 Å². The summed E-state index contributed by atoms with van der Waals surface area (Å²) >= 11 is 0. The molecule has 0 unspecified atom stereocenters. The lowest BCUT2D eigenvalue weighted by Gasteiger charge is -2.38. The summed E-state index contributed by atoms with van der Waals surface area (Å²) in [5, 5.41) is 16.2. The van der Waals surface area contributed by atoms with E-state index < -0.39 is 18.1 Å². The number of aromatic hydroxyl groups is 1. The molecule has 328 valence electrons. The number of dihydropyridines is 1. The van der Waals surface area contributed by atoms with Gasteiger partial charge in [-0.15, -0.1) is 0 Å². The number of phenols is 1. The molecular weight excluding hydrogens is 781 g/mol. The van der Waals surface area contributed by atoms with Gasteiger partial charge in [0.25, 0.3) is 0 Å². The van der Waals surface area contributed by atoms with Crippen LogP contribution in [0.5, 0.6) is 11.5 Å². The average Bonchev–Trinajstić information content (AvgIpc) is 3.89. The zero-order valence-corrected chi connectivity index (χ0v) is 36.8. The monoisotopic (exact) mass is 842 g/mol. The Balaban J connectivity index is 1.38. The predicted molar refractivity (Wildman–Crippen MR) is 243 cm³/mol. The molecule has 0 saturated carbocycles. The minimum atomic E-state index is -0.611. The summed E-state index contributed by atoms with van der Waals surface area (Å²) in [4.78, 5) is 45.4. The maximum Gasteiger partial charge on any atom is 0.302 e. The molecule has 2 aromatic carbocycles. The number of fused-ring (bicyclic) bond motifs is 3. The Kier molecular flexibility index (Phi) is 14.2. The van der Waals surface area contributed by atoms with Crippen LogP contribution in [0.1, 0.15) is 88.4 Å². The van der Waals surface area contributed by atoms with Gasteiger partial charge in [0.2, 0.25) is 0 Å². The van der Waals surface area contributed by atoms with E-state index in [0.29, 0.717) is 44.7 Å². The molecule has 1 aliphatic carbocycles. The quantitative estimate of drug-likeness (QED) is 0.106. The van der Waals surface area contributed by atoms with E-state index in [-0.39, 0.29) is 47.4 Å². The van der Waals surface area contributed by atoms with Crippen molar-refractivity contribution < 1.29 is 33.7 Å². The number of aromatic amines is 1. The van der Waals surface area contributed by atoms with Crippen LogP contribution in [0.25, 0.3) is 10.8 Å². The highest BCUT2D eigenvalue weighted by molar-refractivity contribution is 5.95. The van der Waals surface area contributed by atoms with Crippen LogP contribution in [-0.4, -0.2) is 72.2 Å². The smallest absolute Gasteiger partial charge is 0.302 e. The van der Waals surface area contributed by atoms with Crippen LogP contribution < -0.4 is 15.0 Å². The van der Waals surface area contributed by atoms with Gasteiger partial charge in [-0.05, 0) is 109 Å². The molecule has 7 rings (SSSR count). The number of carbonyl (C=O) groups excluding carboxylic acids is 3. The Hall–Kier alpha value is -5.81. The first-order valence-corrected chi connectivity index (χ1v) is 22.0. The molecule has 3 aliphatic rings. The molecule has 2 aliphatic heterocycles. The SMILES string of the molecule is COCCC[C@@H]1Cc2c[nH]cc2C[C@]2(C=CC=C[C@@H]2C)CC[C@@H](OC(C)=O)CC(=O)C[C@@H](c2ccc(O)c(OC)c2)n2cc3cccc(c3c2)N(CCC(C)=O)C2=CC1=CCN2. The van der Waals surface area contributed by atoms with Crippen molar-refractivity contribution in [1.82, 2.24) is 14.9 Å². The number of allylic oxidation sites excluding steroid dienone is 6. The minimum Gasteiger partial charge on any atom is -0.504 e. The van der Waals surface area contributed by atoms with Gasteiger partial charge in [0, 0.05) is 88.6 Å². The van der Waals surface area contributed by atoms with Crippen molar-refractivity contribution in [3.63, 3.8) is 0 Å². The molecule has 4 heterocycles. The van der Waals surface area contributed by atoms with E-state index in [1.54, 1.807) is 26.2 Å². The third kappa shape index (κ3) is 10.3. The van der Waals surface area contributed by atoms with E-state index >= 15 is 0 Å². The third-order valence-electron chi connectivity index (χ3n) is 13.1. The Morgan fingerprint density at radius 2 is 1.85 bits per heavy atom. The summed E-state index contributed by atoms with van der Waals surface area (Å²) in [6.45, 7) is 7.07. The first-order valence-electron chi connectivity index (χ1n) is 22.0. The van der Waals surface area contributed by atoms with E-state index in [4.69, 9.17) is 14.2 Å². The number of anilines is 1. The van der Waals surface area contributed by atoms with Crippen LogP contribution in [0.15, 0.2) is 109 Å². The molecule has 11 nitrogen and oxygen atoms in total. The van der Waals surface area contributed by atoms with Crippen LogP contribution in [-0.2, 0) is 36.7 Å². The van der Waals surface area contributed by atoms with Crippen molar-refractivity contribution in [3.8, 4) is 11.5 Å². The number of nitrogens with zero attached hydrogens (tertiary/aromatic N) is 2. The zero-order valence-electron chi connectivity index (χ0n) is 36.8. The van der Waals surface area contributed by atoms with Crippen molar-refractivity contribution in [1.29, 1.82) is 0 Å². The number of methoxy groups -OCH3 is 2. The van der Waals surface area contributed by atoms with Crippen LogP contribution in [0, 0.1) is 17.3 Å². The fourth-order valence-corrected chi connectivity index (χ4v) is 9.65. The molecule has 11 heteroatoms. The summed E-state index contributed by atoms with van der Waals surface area (Å²) in [5.74, 6) is 1.28. The fourth-order valence-electron chi connectivity index (χ4n) is 9.65. The molecule has 0 fully saturated rings. The minimum absolute atomic E-state index is 0.00501. The molecular formula is C51H62N4O7. The number of nitrogens with one attached hydrogen (secondary N) is 2. The highest BCUT2D eigenvalue weighted by Crippen LogP contribution is 2.44. The number of ketones is 2. The molecule has 5 atom stereocenters. The topological polar surface area (TPSA) is 135 Å². The normalized spacial score (nSPS) is 23.3. The Morgan fingerprint density at radius 1 is 1.02 bits per heavy atom. The Bertz CT molecular complexity index is 2370. The van der Waals surface area contributed by atoms with E-state index in [1.807, 2.05) is 12.1 Å². The third-order valence-corrected chi connectivity index (χ3v) is 13.1. The molecule has 0 radical (unpaired) electrons. The number of aromatic nitrogens is 2. The number of ether oxygens (including phenoxy) is 3. The van der Waals surface area contributed by atoms with E-state index in [2.05, 4.69) is 100 Å². The van der Waals surface area contributed by atoms with E-state index in [0.717, 1.165) is 53.5 Å². The van der Waals surface area contributed by atoms with Crippen LogP contribution in [0.4, 0.5) is 5.69 Å². The van der Waals surface area contributed by atoms with Gasteiger partial charge in [-0.25, -0.2) is 0 Å². The first-order chi connectivity index (χ1) is 30.0. The number of benzene rings is 2. The second-order valence-corrected chi connectivity index (χ2v) is 17.4. The van der Waals surface area contributed by atoms with Gasteiger partial charge >= 0.3 is 5.97 Å². The molecule has 62 heavy (non-hydrogen) atoms. The molecule has 1 spiro atoms. The summed E-state index contributed by atoms with van der Waals surface area (Å²) in [7, 11) is 3.26. The maximum absolute atomic E-state index is 14.4. The molecule has 3 N–H and O–H groups in total. The largest absolute Gasteiger partial charge is 0.504 e. The van der Waals surface area contributed by atoms with Gasteiger partial charge in [-0.1, -0.05) is 55.5 Å². The standard InChI is InChI=1S/C51H62N4O7/c1-34-10-6-7-19-51(34)20-16-44(62-36(3)57)27-43(58)28-47(39-14-15-48(59)49(25-39)61-5)54-32-40-11-8-13-46(45(40)33-54)55(22-18-35(2)56)50-26-38(17-21-53-50)37(12-9-23-60-4)24-41-30-52-31-42(41)29-51/h6-8,10-11,13-15,17,19,25-26,30-34,37,44,47,52-53,59H,9,12,16,18,20-24,27-29H2,1-5H3/t34-,37+,44+,47-,51-/m0/s1. The van der Waals surface area contributed by atoms with Crippen molar-refractivity contribution in [3.05, 3.63) is 126 Å². The molecule has 4 bridgehead atoms. The lowest BCUT2D eigenvalue weighted by atomic mass is 9.66. The average molecular weight is 843 g/mol. The second-order valence-electron chi connectivity index (χ2n) is 17.4. The van der Waals surface area contributed by atoms with Crippen molar-refractivity contribution >= 4 is 34.0 Å². The van der Waals surface area contributed by atoms with Crippen LogP contribution in [0.3, 0.4) is 0 Å². The molecule has 0 saturated heterocycles. The number of esters is 1. The Morgan fingerprint density at radius 3 is 2.63 bits per heavy atom. The van der Waals surface area contributed by atoms with Crippen LogP contribution in [0.2, 0.25) is 0 Å². The van der Waals surface area contributed by atoms with Gasteiger partial charge < -0.3 is 39.1 Å². The second kappa shape index (κ2) is 19.9. The molecule has 0 amide bonds. The lowest BCUT2D eigenvalue weighted by Crippen LogP contribution is -2.36. The molecule has 4 aromatic rings. The van der Waals surface area contributed by atoms with Crippen molar-refractivity contribution in [2.45, 2.75) is 90.7 Å². The van der Waals surface area contributed by atoms with Gasteiger partial charge in [0.1, 0.15) is 23.5 Å². The van der Waals surface area contributed by atoms with Gasteiger partial charge in [-0.2, -0.15) is 0 Å². The summed E-state index contributed by atoms with van der Waals surface area (Å²) in [5.41, 5.74) is 5.22. The maximum atomic E-state index is 14.4. The van der Waals surface area contributed by atoms with Gasteiger partial charge in [0.05, 0.1) is 18.8 Å². The lowest BCUT2D eigenvalue weighted by molar-refractivity contribution is -0.148. The number of H-pyrrole nitrogens is 1. The van der Waals surface area contributed by atoms with E-state index in [9.17, 15) is 19.5 Å². The molecule has 2 aromatic heterocycles. The predicted octanol–water partition coefficient (Wildman–Crippen LogP) is 9.08. The number of phenolic OH excluding ortho intramolecular Hbond substituents is 1. The van der Waals surface area contributed by atoms with Gasteiger partial charge in [-0.3, -0.25) is 14.4 Å². The highest BCUT2D eigenvalue weighted by atomic mass is 16.5. The van der Waals surface area contributed by atoms with Crippen LogP contribution >= 0.6 is 0 Å². The number of carbonyl (C=O) groups is 3. The summed E-state index contributed by atoms with van der Waals surface area (Å²) < 4.78 is 19.1. The van der Waals surface area contributed by atoms with E-state index in [1.165, 1.54) is 30.7 Å². The number of hydrogen-bond donors (Lipinski definition) is 3. The zero-order chi connectivity index (χ0) is 43.8. The van der Waals surface area contributed by atoms with Crippen molar-refractivity contribution in [2.75, 3.05) is 38.8 Å². The highest BCUT2D eigenvalue weighted by Gasteiger charge is 2.37. The number of Topliss-reactive ketones (excluding diaryl/α,β-unsaturated/α-hetero) is 2. The number of hydrogen-bond acceptors (Lipinski definition) is 9. The fraction of sp³-hybridized carbons (Fsp3) is 0.431. The first kappa shape index (κ1) is 44.3. The summed E-state index contributed by atoms with van der Waals surface area (Å²) in [6.07, 6.45) is 26.4. The number of rotatable bonds is 10. The van der Waals surface area contributed by atoms with Crippen molar-refractivity contribution in [2.24, 2.45) is 17.3 Å². The summed E-state index contributed by atoms with van der Waals surface area (Å²) in [6, 6.07) is 10.9. The van der Waals surface area contributed by atoms with Gasteiger partial charge in [0.15, 0.2) is 11.5 Å².